The lowest BCUT2D eigenvalue weighted by Crippen LogP contribution is -2.05. The molecule has 0 amide bonds. The molecule has 18 heavy (non-hydrogen) atoms. The molecule has 0 spiro atoms. The Morgan fingerprint density at radius 1 is 1.22 bits per heavy atom. The minimum atomic E-state index is -3.39. The second-order valence-corrected chi connectivity index (χ2v) is 5.90. The van der Waals surface area contributed by atoms with Crippen LogP contribution >= 0.6 is 0 Å². The molecule has 0 aliphatic heterocycles. The first-order chi connectivity index (χ1) is 8.43. The summed E-state index contributed by atoms with van der Waals surface area (Å²) in [6, 6.07) is 3.17. The van der Waals surface area contributed by atoms with Crippen molar-refractivity contribution in [2.75, 3.05) is 27.1 Å². The molecule has 0 saturated carbocycles. The van der Waals surface area contributed by atoms with Gasteiger partial charge in [0.05, 0.1) is 14.2 Å². The Morgan fingerprint density at radius 3 is 2.33 bits per heavy atom. The number of benzene rings is 1. The Balaban J connectivity index is 3.40. The molecule has 1 N–H and O–H groups in total. The highest BCUT2D eigenvalue weighted by atomic mass is 32.2. The molecule has 1 aromatic rings. The highest BCUT2D eigenvalue weighted by molar-refractivity contribution is 7.90. The van der Waals surface area contributed by atoms with Crippen LogP contribution in [0.15, 0.2) is 17.0 Å². The molecule has 0 radical (unpaired) electrons. The molecule has 0 aliphatic carbocycles. The van der Waals surface area contributed by atoms with Crippen molar-refractivity contribution in [3.05, 3.63) is 17.7 Å². The van der Waals surface area contributed by atoms with Crippen LogP contribution < -0.4 is 9.47 Å². The lowest BCUT2D eigenvalue weighted by atomic mass is 10.1. The molecule has 0 atom stereocenters. The molecule has 0 unspecified atom stereocenters. The highest BCUT2D eigenvalue weighted by Crippen LogP contribution is 2.33. The molecule has 0 aromatic heterocycles. The van der Waals surface area contributed by atoms with E-state index in [1.807, 2.05) is 0 Å². The number of ether oxygens (including phenoxy) is 2. The van der Waals surface area contributed by atoms with Gasteiger partial charge in [0.2, 0.25) is 0 Å². The number of aliphatic hydroxyl groups excluding tert-OH is 1. The monoisotopic (exact) mass is 274 g/mol. The number of aryl methyl sites for hydroxylation is 1. The largest absolute Gasteiger partial charge is 0.497 e. The number of hydrogen-bond donors (Lipinski definition) is 1. The SMILES string of the molecule is COc1cc(CCCO)c(OC)c(S(C)(=O)=O)c1. The van der Waals surface area contributed by atoms with Gasteiger partial charge in [0.25, 0.3) is 0 Å². The van der Waals surface area contributed by atoms with Crippen LogP contribution in [0.3, 0.4) is 0 Å². The van der Waals surface area contributed by atoms with E-state index < -0.39 is 9.84 Å². The minimum Gasteiger partial charge on any atom is -0.497 e. The van der Waals surface area contributed by atoms with Gasteiger partial charge in [-0.05, 0) is 24.5 Å². The van der Waals surface area contributed by atoms with E-state index in [9.17, 15) is 8.42 Å². The number of methoxy groups -OCH3 is 2. The average Bonchev–Trinajstić information content (AvgIpc) is 2.33. The lowest BCUT2D eigenvalue weighted by Gasteiger charge is -2.14. The van der Waals surface area contributed by atoms with E-state index in [-0.39, 0.29) is 11.5 Å². The van der Waals surface area contributed by atoms with Gasteiger partial charge in [-0.25, -0.2) is 8.42 Å². The Labute approximate surface area is 107 Å². The fourth-order valence-electron chi connectivity index (χ4n) is 1.71. The summed E-state index contributed by atoms with van der Waals surface area (Å²) in [5.74, 6) is 0.788. The van der Waals surface area contributed by atoms with Crippen LogP contribution in [0.1, 0.15) is 12.0 Å². The first kappa shape index (κ1) is 14.8. The van der Waals surface area contributed by atoms with E-state index >= 15 is 0 Å². The second-order valence-electron chi connectivity index (χ2n) is 3.92. The van der Waals surface area contributed by atoms with E-state index in [0.29, 0.717) is 29.9 Å². The zero-order valence-corrected chi connectivity index (χ0v) is 11.6. The fraction of sp³-hybridized carbons (Fsp3) is 0.500. The molecule has 0 saturated heterocycles. The molecule has 0 bridgehead atoms. The van der Waals surface area contributed by atoms with Crippen LogP contribution in [-0.2, 0) is 16.3 Å². The first-order valence-corrected chi connectivity index (χ1v) is 7.39. The van der Waals surface area contributed by atoms with Crippen LogP contribution in [0, 0.1) is 0 Å². The summed E-state index contributed by atoms with van der Waals surface area (Å²) in [6.45, 7) is 0.0363. The Morgan fingerprint density at radius 2 is 1.89 bits per heavy atom. The quantitative estimate of drug-likeness (QED) is 0.839. The second kappa shape index (κ2) is 6.06. The van der Waals surface area contributed by atoms with Crippen molar-refractivity contribution in [2.45, 2.75) is 17.7 Å². The van der Waals surface area contributed by atoms with Crippen molar-refractivity contribution in [1.82, 2.24) is 0 Å². The van der Waals surface area contributed by atoms with E-state index in [2.05, 4.69) is 0 Å². The molecule has 5 nitrogen and oxygen atoms in total. The third-order valence-corrected chi connectivity index (χ3v) is 3.65. The third kappa shape index (κ3) is 3.36. The van der Waals surface area contributed by atoms with Gasteiger partial charge >= 0.3 is 0 Å². The van der Waals surface area contributed by atoms with Crippen LogP contribution in [0.5, 0.6) is 11.5 Å². The zero-order valence-electron chi connectivity index (χ0n) is 10.8. The predicted molar refractivity (Wildman–Crippen MR) is 68.1 cm³/mol. The minimum absolute atomic E-state index is 0.0363. The molecular weight excluding hydrogens is 256 g/mol. The molecule has 1 aromatic carbocycles. The normalized spacial score (nSPS) is 11.3. The van der Waals surface area contributed by atoms with Crippen LogP contribution in [0.25, 0.3) is 0 Å². The maximum Gasteiger partial charge on any atom is 0.179 e. The van der Waals surface area contributed by atoms with Crippen molar-refractivity contribution in [2.24, 2.45) is 0 Å². The molecule has 6 heteroatoms. The van der Waals surface area contributed by atoms with Gasteiger partial charge in [-0.2, -0.15) is 0 Å². The number of sulfone groups is 1. The van der Waals surface area contributed by atoms with Gasteiger partial charge in [0.1, 0.15) is 16.4 Å². The molecule has 102 valence electrons. The number of hydrogen-bond acceptors (Lipinski definition) is 5. The molecule has 0 fully saturated rings. The Hall–Kier alpha value is -1.27. The standard InChI is InChI=1S/C12H18O5S/c1-16-10-7-9(5-4-6-13)12(17-2)11(8-10)18(3,14)15/h7-8,13H,4-6H2,1-3H3. The van der Waals surface area contributed by atoms with Gasteiger partial charge in [0.15, 0.2) is 9.84 Å². The maximum absolute atomic E-state index is 11.7. The first-order valence-electron chi connectivity index (χ1n) is 5.49. The summed E-state index contributed by atoms with van der Waals surface area (Å²) in [5.41, 5.74) is 0.714. The van der Waals surface area contributed by atoms with E-state index in [1.54, 1.807) is 6.07 Å². The Kier molecular flexibility index (Phi) is 4.98. The van der Waals surface area contributed by atoms with Crippen LogP contribution in [0.2, 0.25) is 0 Å². The van der Waals surface area contributed by atoms with Crippen molar-refractivity contribution in [1.29, 1.82) is 0 Å². The summed E-state index contributed by atoms with van der Waals surface area (Å²) < 4.78 is 33.7. The molecular formula is C12H18O5S. The summed E-state index contributed by atoms with van der Waals surface area (Å²) in [4.78, 5) is 0.109. The van der Waals surface area contributed by atoms with E-state index in [4.69, 9.17) is 14.6 Å². The predicted octanol–water partition coefficient (Wildman–Crippen LogP) is 1.03. The molecule has 0 heterocycles. The van der Waals surface area contributed by atoms with Crippen LogP contribution in [0.4, 0.5) is 0 Å². The van der Waals surface area contributed by atoms with Crippen molar-refractivity contribution >= 4 is 9.84 Å². The summed E-state index contributed by atoms with van der Waals surface area (Å²) in [6.07, 6.45) is 2.19. The number of aliphatic hydroxyl groups is 1. The van der Waals surface area contributed by atoms with Gasteiger partial charge in [-0.3, -0.25) is 0 Å². The molecule has 1 rings (SSSR count). The topological polar surface area (TPSA) is 72.8 Å². The Bertz CT molecular complexity index is 507. The lowest BCUT2D eigenvalue weighted by molar-refractivity contribution is 0.287. The van der Waals surface area contributed by atoms with Gasteiger partial charge < -0.3 is 14.6 Å². The summed E-state index contributed by atoms with van der Waals surface area (Å²) in [5, 5.41) is 8.86. The van der Waals surface area contributed by atoms with Gasteiger partial charge in [0, 0.05) is 18.9 Å². The van der Waals surface area contributed by atoms with E-state index in [0.717, 1.165) is 6.26 Å². The van der Waals surface area contributed by atoms with Crippen molar-refractivity contribution in [3.63, 3.8) is 0 Å². The maximum atomic E-state index is 11.7. The van der Waals surface area contributed by atoms with Gasteiger partial charge in [-0.1, -0.05) is 0 Å². The van der Waals surface area contributed by atoms with E-state index in [1.165, 1.54) is 20.3 Å². The summed E-state index contributed by atoms with van der Waals surface area (Å²) >= 11 is 0. The van der Waals surface area contributed by atoms with Crippen LogP contribution in [-0.4, -0.2) is 40.6 Å². The number of rotatable bonds is 6. The third-order valence-electron chi connectivity index (χ3n) is 2.55. The smallest absolute Gasteiger partial charge is 0.179 e. The fourth-order valence-corrected chi connectivity index (χ4v) is 2.59. The summed E-state index contributed by atoms with van der Waals surface area (Å²) in [7, 11) is -0.488. The zero-order chi connectivity index (χ0) is 13.8. The highest BCUT2D eigenvalue weighted by Gasteiger charge is 2.19. The van der Waals surface area contributed by atoms with Crippen molar-refractivity contribution in [3.8, 4) is 11.5 Å². The van der Waals surface area contributed by atoms with Crippen molar-refractivity contribution < 1.29 is 23.0 Å². The van der Waals surface area contributed by atoms with Gasteiger partial charge in [-0.15, -0.1) is 0 Å². The average molecular weight is 274 g/mol. The molecule has 0 aliphatic rings.